The molecule has 0 aliphatic carbocycles. The summed E-state index contributed by atoms with van der Waals surface area (Å²) >= 11 is 1.70. The van der Waals surface area contributed by atoms with Gasteiger partial charge in [0.15, 0.2) is 6.61 Å². The van der Waals surface area contributed by atoms with Crippen LogP contribution < -0.4 is 9.64 Å². The fourth-order valence-electron chi connectivity index (χ4n) is 3.82. The lowest BCUT2D eigenvalue weighted by atomic mass is 10.1. The van der Waals surface area contributed by atoms with E-state index < -0.39 is 0 Å². The number of nitrogens with zero attached hydrogens (tertiary/aromatic N) is 3. The van der Waals surface area contributed by atoms with Crippen LogP contribution in [0.25, 0.3) is 11.3 Å². The Hall–Kier alpha value is -1.92. The van der Waals surface area contributed by atoms with Gasteiger partial charge in [-0.05, 0) is 58.0 Å². The number of carbonyl (C=O) groups excluding carboxylic acids is 1. The molecule has 0 atom stereocenters. The summed E-state index contributed by atoms with van der Waals surface area (Å²) in [6.07, 6.45) is 3.85. The van der Waals surface area contributed by atoms with E-state index in [2.05, 4.69) is 22.9 Å². The van der Waals surface area contributed by atoms with Crippen LogP contribution in [-0.4, -0.2) is 48.6 Å². The van der Waals surface area contributed by atoms with E-state index in [4.69, 9.17) is 4.74 Å². The number of aryl methyl sites for hydroxylation is 2. The highest BCUT2D eigenvalue weighted by molar-refractivity contribution is 7.11. The standard InChI is InChI=1S/C20H25N3O2S/c1-14-20(21-15(2)26-14)16-6-7-18-17(12-16)23(19(24)13-25-18)11-10-22-8-4-3-5-9-22/h6-7,12H,3-5,8-11,13H2,1-2H3. The normalized spacial score (nSPS) is 17.9. The Bertz CT molecular complexity index is 811. The van der Waals surface area contributed by atoms with Crippen LogP contribution in [0, 0.1) is 13.8 Å². The van der Waals surface area contributed by atoms with Crippen molar-refractivity contribution >= 4 is 22.9 Å². The van der Waals surface area contributed by atoms with Crippen molar-refractivity contribution in [1.29, 1.82) is 0 Å². The average Bonchev–Trinajstić information content (AvgIpc) is 2.99. The Morgan fingerprint density at radius 3 is 2.69 bits per heavy atom. The summed E-state index contributed by atoms with van der Waals surface area (Å²) in [7, 11) is 0. The number of piperidine rings is 1. The van der Waals surface area contributed by atoms with Crippen molar-refractivity contribution in [2.24, 2.45) is 0 Å². The molecule has 0 bridgehead atoms. The van der Waals surface area contributed by atoms with E-state index in [9.17, 15) is 4.79 Å². The van der Waals surface area contributed by atoms with Gasteiger partial charge in [0, 0.05) is 23.5 Å². The van der Waals surface area contributed by atoms with E-state index in [0.717, 1.165) is 47.3 Å². The maximum atomic E-state index is 12.5. The van der Waals surface area contributed by atoms with Crippen molar-refractivity contribution in [2.75, 3.05) is 37.7 Å². The molecule has 138 valence electrons. The SMILES string of the molecule is Cc1nc(-c2ccc3c(c2)N(CCN2CCCCC2)C(=O)CO3)c(C)s1. The third kappa shape index (κ3) is 3.48. The Kier molecular flexibility index (Phi) is 4.96. The molecule has 1 aromatic heterocycles. The Morgan fingerprint density at radius 1 is 1.15 bits per heavy atom. The van der Waals surface area contributed by atoms with Gasteiger partial charge in [0.25, 0.3) is 5.91 Å². The van der Waals surface area contributed by atoms with Gasteiger partial charge in [-0.15, -0.1) is 11.3 Å². The van der Waals surface area contributed by atoms with Gasteiger partial charge in [0.05, 0.1) is 16.4 Å². The number of rotatable bonds is 4. The third-order valence-electron chi connectivity index (χ3n) is 5.17. The number of aromatic nitrogens is 1. The van der Waals surface area contributed by atoms with Gasteiger partial charge >= 0.3 is 0 Å². The van der Waals surface area contributed by atoms with E-state index in [-0.39, 0.29) is 12.5 Å². The Balaban J connectivity index is 1.59. The van der Waals surface area contributed by atoms with E-state index in [0.29, 0.717) is 6.54 Å². The number of amides is 1. The lowest BCUT2D eigenvalue weighted by Gasteiger charge is -2.33. The number of hydrogen-bond acceptors (Lipinski definition) is 5. The molecule has 5 nitrogen and oxygen atoms in total. The molecule has 6 heteroatoms. The first-order chi connectivity index (χ1) is 12.6. The molecule has 3 heterocycles. The minimum Gasteiger partial charge on any atom is -0.482 e. The topological polar surface area (TPSA) is 45.7 Å². The Labute approximate surface area is 158 Å². The predicted octanol–water partition coefficient (Wildman–Crippen LogP) is 3.64. The lowest BCUT2D eigenvalue weighted by molar-refractivity contribution is -0.121. The molecule has 0 unspecified atom stereocenters. The number of ether oxygens (including phenoxy) is 1. The first-order valence-corrected chi connectivity index (χ1v) is 10.2. The predicted molar refractivity (Wildman–Crippen MR) is 105 cm³/mol. The van der Waals surface area contributed by atoms with Crippen LogP contribution in [0.1, 0.15) is 29.1 Å². The van der Waals surface area contributed by atoms with Crippen LogP contribution >= 0.6 is 11.3 Å². The van der Waals surface area contributed by atoms with E-state index in [1.807, 2.05) is 24.0 Å². The van der Waals surface area contributed by atoms with Crippen LogP contribution in [0.3, 0.4) is 0 Å². The number of carbonyl (C=O) groups is 1. The van der Waals surface area contributed by atoms with Crippen LogP contribution in [0.2, 0.25) is 0 Å². The van der Waals surface area contributed by atoms with Gasteiger partial charge in [-0.3, -0.25) is 4.79 Å². The molecule has 1 saturated heterocycles. The van der Waals surface area contributed by atoms with Gasteiger partial charge in [-0.1, -0.05) is 6.42 Å². The summed E-state index contributed by atoms with van der Waals surface area (Å²) in [6.45, 7) is 8.16. The first kappa shape index (κ1) is 17.5. The largest absolute Gasteiger partial charge is 0.482 e. The lowest BCUT2D eigenvalue weighted by Crippen LogP contribution is -2.44. The zero-order chi connectivity index (χ0) is 18.1. The van der Waals surface area contributed by atoms with Gasteiger partial charge < -0.3 is 14.5 Å². The van der Waals surface area contributed by atoms with Gasteiger partial charge in [0.2, 0.25) is 0 Å². The molecule has 1 aromatic carbocycles. The maximum absolute atomic E-state index is 12.5. The maximum Gasteiger partial charge on any atom is 0.265 e. The summed E-state index contributed by atoms with van der Waals surface area (Å²) in [6, 6.07) is 6.07. The second-order valence-electron chi connectivity index (χ2n) is 7.06. The Morgan fingerprint density at radius 2 is 1.96 bits per heavy atom. The number of fused-ring (bicyclic) bond motifs is 1. The number of hydrogen-bond donors (Lipinski definition) is 0. The summed E-state index contributed by atoms with van der Waals surface area (Å²) < 4.78 is 5.66. The molecule has 1 fully saturated rings. The van der Waals surface area contributed by atoms with Gasteiger partial charge in [-0.2, -0.15) is 0 Å². The second-order valence-corrected chi connectivity index (χ2v) is 8.46. The quantitative estimate of drug-likeness (QED) is 0.823. The minimum atomic E-state index is 0.0397. The second kappa shape index (κ2) is 7.37. The van der Waals surface area contributed by atoms with Crippen LogP contribution in [-0.2, 0) is 4.79 Å². The molecule has 2 aliphatic heterocycles. The fourth-order valence-corrected chi connectivity index (χ4v) is 4.66. The fraction of sp³-hybridized carbons (Fsp3) is 0.500. The highest BCUT2D eigenvalue weighted by Gasteiger charge is 2.27. The average molecular weight is 372 g/mol. The van der Waals surface area contributed by atoms with Crippen molar-refractivity contribution in [3.8, 4) is 17.0 Å². The molecule has 0 radical (unpaired) electrons. The molecule has 0 spiro atoms. The molecule has 0 saturated carbocycles. The zero-order valence-electron chi connectivity index (χ0n) is 15.5. The van der Waals surface area contributed by atoms with Crippen LogP contribution in [0.5, 0.6) is 5.75 Å². The minimum absolute atomic E-state index is 0.0397. The smallest absolute Gasteiger partial charge is 0.265 e. The van der Waals surface area contributed by atoms with Gasteiger partial charge in [0.1, 0.15) is 5.75 Å². The highest BCUT2D eigenvalue weighted by Crippen LogP contribution is 2.37. The molecule has 26 heavy (non-hydrogen) atoms. The number of anilines is 1. The number of benzene rings is 1. The monoisotopic (exact) mass is 371 g/mol. The van der Waals surface area contributed by atoms with Crippen LogP contribution in [0.15, 0.2) is 18.2 Å². The van der Waals surface area contributed by atoms with E-state index in [1.165, 1.54) is 24.1 Å². The summed E-state index contributed by atoms with van der Waals surface area (Å²) in [5.41, 5.74) is 2.93. The van der Waals surface area contributed by atoms with Crippen molar-refractivity contribution in [2.45, 2.75) is 33.1 Å². The van der Waals surface area contributed by atoms with E-state index in [1.54, 1.807) is 11.3 Å². The van der Waals surface area contributed by atoms with Crippen molar-refractivity contribution in [3.63, 3.8) is 0 Å². The van der Waals surface area contributed by atoms with Crippen LogP contribution in [0.4, 0.5) is 5.69 Å². The summed E-state index contributed by atoms with van der Waals surface area (Å²) in [5, 5.41) is 1.06. The number of likely N-dealkylation sites (tertiary alicyclic amines) is 1. The molecular weight excluding hydrogens is 346 g/mol. The molecular formula is C20H25N3O2S. The molecule has 4 rings (SSSR count). The number of thiazole rings is 1. The van der Waals surface area contributed by atoms with Crippen molar-refractivity contribution in [3.05, 3.63) is 28.1 Å². The molecule has 2 aliphatic rings. The van der Waals surface area contributed by atoms with Crippen molar-refractivity contribution < 1.29 is 9.53 Å². The zero-order valence-corrected chi connectivity index (χ0v) is 16.3. The molecule has 0 N–H and O–H groups in total. The van der Waals surface area contributed by atoms with Gasteiger partial charge in [-0.25, -0.2) is 4.98 Å². The molecule has 1 amide bonds. The summed E-state index contributed by atoms with van der Waals surface area (Å²) in [5.74, 6) is 0.828. The molecule has 2 aromatic rings. The van der Waals surface area contributed by atoms with Crippen molar-refractivity contribution in [1.82, 2.24) is 9.88 Å². The first-order valence-electron chi connectivity index (χ1n) is 9.36. The van der Waals surface area contributed by atoms with E-state index >= 15 is 0 Å². The highest BCUT2D eigenvalue weighted by atomic mass is 32.1. The third-order valence-corrected chi connectivity index (χ3v) is 6.05. The summed E-state index contributed by atoms with van der Waals surface area (Å²) in [4.78, 5) is 22.7.